The predicted octanol–water partition coefficient (Wildman–Crippen LogP) is 4.64. The van der Waals surface area contributed by atoms with E-state index in [-0.39, 0.29) is 17.2 Å². The minimum absolute atomic E-state index is 0.0459. The highest BCUT2D eigenvalue weighted by Crippen LogP contribution is 2.25. The minimum atomic E-state index is -3.49. The lowest BCUT2D eigenvalue weighted by Crippen LogP contribution is -2.40. The van der Waals surface area contributed by atoms with E-state index in [0.717, 1.165) is 11.3 Å². The maximum absolute atomic E-state index is 12.6. The van der Waals surface area contributed by atoms with Gasteiger partial charge in [0, 0.05) is 30.1 Å². The molecule has 1 heterocycles. The molecule has 0 saturated carbocycles. The third kappa shape index (κ3) is 5.80. The second kappa shape index (κ2) is 9.14. The van der Waals surface area contributed by atoms with Crippen molar-refractivity contribution in [2.75, 3.05) is 18.4 Å². The molecule has 2 aromatic rings. The lowest BCUT2D eigenvalue weighted by atomic mass is 9.87. The first-order valence-corrected chi connectivity index (χ1v) is 11.8. The Hall–Kier alpha value is -2.44. The third-order valence-electron chi connectivity index (χ3n) is 5.44. The number of benzene rings is 2. The van der Waals surface area contributed by atoms with Crippen LogP contribution < -0.4 is 5.32 Å². The van der Waals surface area contributed by atoms with Crippen molar-refractivity contribution in [3.63, 3.8) is 0 Å². The molecule has 6 heteroatoms. The summed E-state index contributed by atoms with van der Waals surface area (Å²) in [6.07, 6.45) is 2.64. The molecule has 0 unspecified atom stereocenters. The van der Waals surface area contributed by atoms with Gasteiger partial charge in [0.25, 0.3) is 0 Å². The van der Waals surface area contributed by atoms with Gasteiger partial charge in [-0.25, -0.2) is 8.42 Å². The largest absolute Gasteiger partial charge is 0.326 e. The van der Waals surface area contributed by atoms with Gasteiger partial charge in [0.05, 0.1) is 0 Å². The van der Waals surface area contributed by atoms with Crippen LogP contribution in [0, 0.1) is 5.92 Å². The minimum Gasteiger partial charge on any atom is -0.326 e. The molecule has 3 rings (SSSR count). The Kier molecular flexibility index (Phi) is 6.78. The molecule has 0 aliphatic carbocycles. The van der Waals surface area contributed by atoms with E-state index in [2.05, 4.69) is 26.1 Å². The van der Waals surface area contributed by atoms with Crippen LogP contribution in [0.15, 0.2) is 60.0 Å². The number of anilines is 1. The summed E-state index contributed by atoms with van der Waals surface area (Å²) in [5.74, 6) is -0.229. The van der Waals surface area contributed by atoms with Crippen LogP contribution in [0.4, 0.5) is 5.69 Å². The highest BCUT2D eigenvalue weighted by atomic mass is 32.2. The van der Waals surface area contributed by atoms with E-state index in [1.165, 1.54) is 15.3 Å². The Bertz CT molecular complexity index is 983. The number of piperidine rings is 1. The second-order valence-electron chi connectivity index (χ2n) is 8.75. The number of amides is 1. The SMILES string of the molecule is CC(C)(C)c1ccc(NC(=O)C2CCN(S(=O)(=O)/C=C/c3ccccc3)CC2)cc1. The number of carbonyl (C=O) groups is 1. The van der Waals surface area contributed by atoms with Gasteiger partial charge in [-0.05, 0) is 47.6 Å². The van der Waals surface area contributed by atoms with Crippen LogP contribution in [0.1, 0.15) is 44.7 Å². The van der Waals surface area contributed by atoms with E-state index in [9.17, 15) is 13.2 Å². The van der Waals surface area contributed by atoms with Crippen molar-refractivity contribution >= 4 is 27.7 Å². The molecule has 1 amide bonds. The van der Waals surface area contributed by atoms with E-state index in [0.29, 0.717) is 25.9 Å². The summed E-state index contributed by atoms with van der Waals surface area (Å²) in [4.78, 5) is 12.6. The molecule has 160 valence electrons. The Balaban J connectivity index is 1.54. The fraction of sp³-hybridized carbons (Fsp3) is 0.375. The Labute approximate surface area is 179 Å². The molecule has 1 aliphatic rings. The summed E-state index contributed by atoms with van der Waals surface area (Å²) in [6, 6.07) is 17.3. The third-order valence-corrected chi connectivity index (χ3v) is 7.00. The number of nitrogens with zero attached hydrogens (tertiary/aromatic N) is 1. The van der Waals surface area contributed by atoms with E-state index < -0.39 is 10.0 Å². The first kappa shape index (κ1) is 22.2. The topological polar surface area (TPSA) is 66.5 Å². The fourth-order valence-electron chi connectivity index (χ4n) is 3.49. The summed E-state index contributed by atoms with van der Waals surface area (Å²) in [7, 11) is -3.49. The summed E-state index contributed by atoms with van der Waals surface area (Å²) in [6.45, 7) is 7.15. The van der Waals surface area contributed by atoms with E-state index in [1.54, 1.807) is 6.08 Å². The van der Waals surface area contributed by atoms with Crippen molar-refractivity contribution in [1.29, 1.82) is 0 Å². The Morgan fingerprint density at radius 1 is 1.00 bits per heavy atom. The first-order chi connectivity index (χ1) is 14.1. The molecule has 0 aromatic heterocycles. The molecular weight excluding hydrogens is 396 g/mol. The van der Waals surface area contributed by atoms with Gasteiger partial charge >= 0.3 is 0 Å². The molecule has 5 nitrogen and oxygen atoms in total. The average molecular weight is 427 g/mol. The normalized spacial score (nSPS) is 16.6. The van der Waals surface area contributed by atoms with Gasteiger partial charge < -0.3 is 5.32 Å². The molecule has 1 saturated heterocycles. The van der Waals surface area contributed by atoms with Crippen LogP contribution in [-0.2, 0) is 20.2 Å². The molecular formula is C24H30N2O3S. The Morgan fingerprint density at radius 3 is 2.17 bits per heavy atom. The number of sulfonamides is 1. The lowest BCUT2D eigenvalue weighted by molar-refractivity contribution is -0.120. The van der Waals surface area contributed by atoms with Gasteiger partial charge in [-0.1, -0.05) is 63.2 Å². The van der Waals surface area contributed by atoms with Gasteiger partial charge in [0.15, 0.2) is 0 Å². The molecule has 30 heavy (non-hydrogen) atoms. The van der Waals surface area contributed by atoms with Crippen molar-refractivity contribution in [3.8, 4) is 0 Å². The molecule has 1 N–H and O–H groups in total. The molecule has 1 fully saturated rings. The number of nitrogens with one attached hydrogen (secondary N) is 1. The monoisotopic (exact) mass is 426 g/mol. The predicted molar refractivity (Wildman–Crippen MR) is 122 cm³/mol. The molecule has 0 atom stereocenters. The zero-order valence-corrected chi connectivity index (χ0v) is 18.7. The van der Waals surface area contributed by atoms with E-state index in [4.69, 9.17) is 0 Å². The van der Waals surface area contributed by atoms with Crippen LogP contribution in [-0.4, -0.2) is 31.7 Å². The highest BCUT2D eigenvalue weighted by Gasteiger charge is 2.30. The summed E-state index contributed by atoms with van der Waals surface area (Å²) in [5.41, 5.74) is 2.89. The number of rotatable bonds is 5. The van der Waals surface area contributed by atoms with Crippen molar-refractivity contribution in [2.24, 2.45) is 5.92 Å². The van der Waals surface area contributed by atoms with Gasteiger partial charge in [-0.2, -0.15) is 4.31 Å². The average Bonchev–Trinajstić information content (AvgIpc) is 2.73. The van der Waals surface area contributed by atoms with Crippen LogP contribution in [0.3, 0.4) is 0 Å². The van der Waals surface area contributed by atoms with Crippen LogP contribution in [0.2, 0.25) is 0 Å². The molecule has 0 radical (unpaired) electrons. The van der Waals surface area contributed by atoms with Gasteiger partial charge in [0.2, 0.25) is 15.9 Å². The van der Waals surface area contributed by atoms with Crippen LogP contribution in [0.25, 0.3) is 6.08 Å². The van der Waals surface area contributed by atoms with Crippen LogP contribution >= 0.6 is 0 Å². The van der Waals surface area contributed by atoms with Gasteiger partial charge in [0.1, 0.15) is 0 Å². The number of carbonyl (C=O) groups excluding carboxylic acids is 1. The van der Waals surface area contributed by atoms with Crippen molar-refractivity contribution in [3.05, 3.63) is 71.1 Å². The summed E-state index contributed by atoms with van der Waals surface area (Å²) < 4.78 is 26.6. The number of hydrogen-bond acceptors (Lipinski definition) is 3. The van der Waals surface area contributed by atoms with Gasteiger partial charge in [-0.3, -0.25) is 4.79 Å². The fourth-order valence-corrected chi connectivity index (χ4v) is 4.71. The molecule has 1 aliphatic heterocycles. The van der Waals surface area contributed by atoms with Crippen molar-refractivity contribution < 1.29 is 13.2 Å². The number of hydrogen-bond donors (Lipinski definition) is 1. The highest BCUT2D eigenvalue weighted by molar-refractivity contribution is 7.92. The quantitative estimate of drug-likeness (QED) is 0.758. The maximum Gasteiger partial charge on any atom is 0.236 e. The molecule has 0 bridgehead atoms. The zero-order chi connectivity index (χ0) is 21.8. The molecule has 0 spiro atoms. The van der Waals surface area contributed by atoms with Crippen molar-refractivity contribution in [1.82, 2.24) is 4.31 Å². The van der Waals surface area contributed by atoms with Crippen LogP contribution in [0.5, 0.6) is 0 Å². The first-order valence-electron chi connectivity index (χ1n) is 10.3. The zero-order valence-electron chi connectivity index (χ0n) is 17.8. The van der Waals surface area contributed by atoms with Gasteiger partial charge in [-0.15, -0.1) is 0 Å². The maximum atomic E-state index is 12.6. The van der Waals surface area contributed by atoms with E-state index in [1.807, 2.05) is 54.6 Å². The Morgan fingerprint density at radius 2 is 1.60 bits per heavy atom. The summed E-state index contributed by atoms with van der Waals surface area (Å²) in [5, 5.41) is 4.22. The second-order valence-corrected chi connectivity index (χ2v) is 10.6. The van der Waals surface area contributed by atoms with E-state index >= 15 is 0 Å². The molecule has 2 aromatic carbocycles. The lowest BCUT2D eigenvalue weighted by Gasteiger charge is -2.29. The standard InChI is InChI=1S/C24H30N2O3S/c1-24(2,3)21-9-11-22(12-10-21)25-23(27)20-13-16-26(17-14-20)30(28,29)18-15-19-7-5-4-6-8-19/h4-12,15,18,20H,13-14,16-17H2,1-3H3,(H,25,27)/b18-15+. The summed E-state index contributed by atoms with van der Waals surface area (Å²) >= 11 is 0. The van der Waals surface area contributed by atoms with Crippen molar-refractivity contribution in [2.45, 2.75) is 39.0 Å². The smallest absolute Gasteiger partial charge is 0.236 e.